The molecule has 0 spiro atoms. The summed E-state index contributed by atoms with van der Waals surface area (Å²) >= 11 is 0. The maximum Gasteiger partial charge on any atom is 0.331 e. The Hall–Kier alpha value is -1.80. The number of amides is 2. The van der Waals surface area contributed by atoms with Crippen molar-refractivity contribution in [3.63, 3.8) is 0 Å². The first-order valence-corrected chi connectivity index (χ1v) is 5.43. The third kappa shape index (κ3) is 9.43. The van der Waals surface area contributed by atoms with E-state index < -0.39 is 24.0 Å². The van der Waals surface area contributed by atoms with Gasteiger partial charge < -0.3 is 10.2 Å². The van der Waals surface area contributed by atoms with Crippen LogP contribution in [0.1, 0.15) is 26.7 Å². The van der Waals surface area contributed by atoms with Gasteiger partial charge in [-0.05, 0) is 13.8 Å². The maximum atomic E-state index is 11.1. The summed E-state index contributed by atoms with van der Waals surface area (Å²) in [6, 6.07) is 0. The fraction of sp³-hybridized carbons (Fsp3) is 0.600. The molecule has 0 aliphatic rings. The van der Waals surface area contributed by atoms with Crippen LogP contribution in [-0.2, 0) is 9.59 Å². The first kappa shape index (κ1) is 16.2. The van der Waals surface area contributed by atoms with E-state index in [0.717, 1.165) is 0 Å². The highest BCUT2D eigenvalue weighted by atomic mass is 16.3. The van der Waals surface area contributed by atoms with E-state index in [4.69, 9.17) is 10.2 Å². The van der Waals surface area contributed by atoms with Gasteiger partial charge in [-0.2, -0.15) is 10.2 Å². The minimum absolute atomic E-state index is 0.272. The molecule has 4 N–H and O–H groups in total. The Morgan fingerprint density at radius 3 is 1.61 bits per heavy atom. The van der Waals surface area contributed by atoms with E-state index in [-0.39, 0.29) is 12.8 Å². The van der Waals surface area contributed by atoms with Crippen LogP contribution in [0, 0.1) is 0 Å². The maximum absolute atomic E-state index is 11.1. The van der Waals surface area contributed by atoms with Gasteiger partial charge in [0.2, 0.25) is 0 Å². The molecule has 0 radical (unpaired) electrons. The Morgan fingerprint density at radius 2 is 1.33 bits per heavy atom. The van der Waals surface area contributed by atoms with Crippen LogP contribution < -0.4 is 10.9 Å². The summed E-state index contributed by atoms with van der Waals surface area (Å²) in [5.41, 5.74) is 3.94. The highest BCUT2D eigenvalue weighted by molar-refractivity contribution is 6.35. The number of hydrogen-bond acceptors (Lipinski definition) is 6. The van der Waals surface area contributed by atoms with Crippen molar-refractivity contribution < 1.29 is 19.8 Å². The second kappa shape index (κ2) is 9.25. The molecule has 2 amide bonds. The summed E-state index contributed by atoms with van der Waals surface area (Å²) in [5.74, 6) is -1.93. The molecule has 0 rings (SSSR count). The van der Waals surface area contributed by atoms with Crippen molar-refractivity contribution in [2.24, 2.45) is 10.2 Å². The molecule has 0 aromatic heterocycles. The lowest BCUT2D eigenvalue weighted by Gasteiger charge is -1.99. The van der Waals surface area contributed by atoms with E-state index in [0.29, 0.717) is 0 Å². The Kier molecular flexibility index (Phi) is 8.33. The largest absolute Gasteiger partial charge is 0.393 e. The predicted octanol–water partition coefficient (Wildman–Crippen LogP) is -1.27. The second-order valence-corrected chi connectivity index (χ2v) is 3.67. The smallest absolute Gasteiger partial charge is 0.331 e. The zero-order valence-corrected chi connectivity index (χ0v) is 10.3. The summed E-state index contributed by atoms with van der Waals surface area (Å²) < 4.78 is 0. The van der Waals surface area contributed by atoms with Crippen LogP contribution in [0.25, 0.3) is 0 Å². The van der Waals surface area contributed by atoms with E-state index >= 15 is 0 Å². The molecule has 0 aromatic carbocycles. The second-order valence-electron chi connectivity index (χ2n) is 3.67. The quantitative estimate of drug-likeness (QED) is 0.269. The van der Waals surface area contributed by atoms with Crippen LogP contribution in [0.3, 0.4) is 0 Å². The number of nitrogens with zero attached hydrogens (tertiary/aromatic N) is 2. The number of aliphatic hydroxyl groups excluding tert-OH is 2. The summed E-state index contributed by atoms with van der Waals surface area (Å²) in [7, 11) is 0. The van der Waals surface area contributed by atoms with E-state index in [9.17, 15) is 9.59 Å². The molecule has 8 heteroatoms. The molecular formula is C10H18N4O4. The molecule has 2 atom stereocenters. The number of nitrogens with one attached hydrogen (secondary N) is 2. The van der Waals surface area contributed by atoms with Gasteiger partial charge in [0.15, 0.2) is 0 Å². The average molecular weight is 258 g/mol. The Bertz CT molecular complexity index is 294. The molecule has 18 heavy (non-hydrogen) atoms. The van der Waals surface area contributed by atoms with Crippen LogP contribution in [-0.4, -0.2) is 46.7 Å². The predicted molar refractivity (Wildman–Crippen MR) is 65.9 cm³/mol. The topological polar surface area (TPSA) is 123 Å². The molecular weight excluding hydrogens is 240 g/mol. The first-order valence-electron chi connectivity index (χ1n) is 5.43. The SMILES string of the molecule is CC(O)CC=NNC(=O)C(=O)NN=CCC(C)O. The lowest BCUT2D eigenvalue weighted by Crippen LogP contribution is -2.35. The van der Waals surface area contributed by atoms with E-state index in [1.165, 1.54) is 12.4 Å². The Labute approximate surface area is 105 Å². The van der Waals surface area contributed by atoms with Gasteiger partial charge in [0.25, 0.3) is 0 Å². The zero-order valence-electron chi connectivity index (χ0n) is 10.3. The number of carbonyl (C=O) groups is 2. The summed E-state index contributed by atoms with van der Waals surface area (Å²) in [6.07, 6.45) is 1.98. The van der Waals surface area contributed by atoms with Crippen LogP contribution in [0.2, 0.25) is 0 Å². The summed E-state index contributed by atoms with van der Waals surface area (Å²) in [4.78, 5) is 22.2. The molecule has 8 nitrogen and oxygen atoms in total. The van der Waals surface area contributed by atoms with Gasteiger partial charge in [-0.3, -0.25) is 9.59 Å². The standard InChI is InChI=1S/C10H18N4O4/c1-7(15)3-5-11-13-9(17)10(18)14-12-6-4-8(2)16/h5-8,15-16H,3-4H2,1-2H3,(H,13,17)(H,14,18). The monoisotopic (exact) mass is 258 g/mol. The van der Waals surface area contributed by atoms with Crippen molar-refractivity contribution in [1.82, 2.24) is 10.9 Å². The molecule has 0 bridgehead atoms. The molecule has 2 unspecified atom stereocenters. The molecule has 0 saturated carbocycles. The van der Waals surface area contributed by atoms with Crippen LogP contribution in [0.15, 0.2) is 10.2 Å². The molecule has 102 valence electrons. The molecule has 0 aliphatic heterocycles. The lowest BCUT2D eigenvalue weighted by molar-refractivity contribution is -0.139. The van der Waals surface area contributed by atoms with Gasteiger partial charge in [0, 0.05) is 25.3 Å². The van der Waals surface area contributed by atoms with Gasteiger partial charge in [0.1, 0.15) is 0 Å². The van der Waals surface area contributed by atoms with E-state index in [1.54, 1.807) is 13.8 Å². The van der Waals surface area contributed by atoms with Gasteiger partial charge in [-0.1, -0.05) is 0 Å². The van der Waals surface area contributed by atoms with Gasteiger partial charge in [-0.15, -0.1) is 0 Å². The van der Waals surface area contributed by atoms with Crippen LogP contribution >= 0.6 is 0 Å². The molecule has 0 saturated heterocycles. The van der Waals surface area contributed by atoms with Crippen molar-refractivity contribution in [2.75, 3.05) is 0 Å². The highest BCUT2D eigenvalue weighted by Gasteiger charge is 2.10. The first-order chi connectivity index (χ1) is 8.43. The number of carbonyl (C=O) groups excluding carboxylic acids is 2. The van der Waals surface area contributed by atoms with Gasteiger partial charge in [0.05, 0.1) is 12.2 Å². The normalized spacial score (nSPS) is 14.7. The fourth-order valence-corrected chi connectivity index (χ4v) is 0.721. The Balaban J connectivity index is 3.86. The third-order valence-corrected chi connectivity index (χ3v) is 1.61. The van der Waals surface area contributed by atoms with Crippen molar-refractivity contribution in [3.8, 4) is 0 Å². The summed E-state index contributed by atoms with van der Waals surface area (Å²) in [6.45, 7) is 3.13. The van der Waals surface area contributed by atoms with Gasteiger partial charge in [-0.25, -0.2) is 10.9 Å². The number of aliphatic hydroxyl groups is 2. The summed E-state index contributed by atoms with van der Waals surface area (Å²) in [5, 5.41) is 24.7. The third-order valence-electron chi connectivity index (χ3n) is 1.61. The average Bonchev–Trinajstić information content (AvgIpc) is 2.29. The molecule has 0 aromatic rings. The lowest BCUT2D eigenvalue weighted by atomic mass is 10.3. The van der Waals surface area contributed by atoms with E-state index in [1.807, 2.05) is 10.9 Å². The zero-order chi connectivity index (χ0) is 14.0. The fourth-order valence-electron chi connectivity index (χ4n) is 0.721. The van der Waals surface area contributed by atoms with Gasteiger partial charge >= 0.3 is 11.8 Å². The molecule has 0 aliphatic carbocycles. The molecule has 0 fully saturated rings. The van der Waals surface area contributed by atoms with Crippen molar-refractivity contribution in [3.05, 3.63) is 0 Å². The van der Waals surface area contributed by atoms with Crippen molar-refractivity contribution in [2.45, 2.75) is 38.9 Å². The van der Waals surface area contributed by atoms with Crippen LogP contribution in [0.4, 0.5) is 0 Å². The van der Waals surface area contributed by atoms with Crippen LogP contribution in [0.5, 0.6) is 0 Å². The van der Waals surface area contributed by atoms with Crippen molar-refractivity contribution in [1.29, 1.82) is 0 Å². The Morgan fingerprint density at radius 1 is 1.00 bits per heavy atom. The number of hydrazone groups is 2. The number of hydrogen-bond donors (Lipinski definition) is 4. The minimum Gasteiger partial charge on any atom is -0.393 e. The molecule has 0 heterocycles. The number of rotatable bonds is 6. The highest BCUT2D eigenvalue weighted by Crippen LogP contribution is 1.84. The van der Waals surface area contributed by atoms with Crippen molar-refractivity contribution >= 4 is 24.2 Å². The van der Waals surface area contributed by atoms with E-state index in [2.05, 4.69) is 10.2 Å². The minimum atomic E-state index is -0.967.